The summed E-state index contributed by atoms with van der Waals surface area (Å²) in [4.78, 5) is 12.4. The van der Waals surface area contributed by atoms with Crippen LogP contribution in [0.5, 0.6) is 0 Å². The Morgan fingerprint density at radius 1 is 1.19 bits per heavy atom. The van der Waals surface area contributed by atoms with Crippen LogP contribution in [0.25, 0.3) is 11.3 Å². The zero-order valence-electron chi connectivity index (χ0n) is 11.0. The van der Waals surface area contributed by atoms with Crippen LogP contribution in [-0.4, -0.2) is 29.9 Å². The summed E-state index contributed by atoms with van der Waals surface area (Å²) >= 11 is 5.69. The van der Waals surface area contributed by atoms with Gasteiger partial charge in [0.15, 0.2) is 0 Å². The highest BCUT2D eigenvalue weighted by Crippen LogP contribution is 2.32. The van der Waals surface area contributed by atoms with E-state index in [1.165, 1.54) is 5.56 Å². The number of hydrogen-bond acceptors (Lipinski definition) is 5. The lowest BCUT2D eigenvalue weighted by Crippen LogP contribution is -2.09. The molecule has 3 aromatic rings. The normalized spacial score (nSPS) is 16.9. The predicted molar refractivity (Wildman–Crippen MR) is 76.8 cm³/mol. The maximum absolute atomic E-state index is 5.69. The third-order valence-corrected chi connectivity index (χ3v) is 3.87. The molecule has 1 unspecified atom stereocenters. The van der Waals surface area contributed by atoms with E-state index < -0.39 is 0 Å². The Bertz CT molecular complexity index is 782. The van der Waals surface area contributed by atoms with Gasteiger partial charge in [0.1, 0.15) is 5.69 Å². The first-order chi connectivity index (χ1) is 10.3. The van der Waals surface area contributed by atoms with E-state index in [4.69, 9.17) is 11.6 Å². The monoisotopic (exact) mass is 298 g/mol. The fraction of sp³-hybridized carbons (Fsp3) is 0.214. The summed E-state index contributed by atoms with van der Waals surface area (Å²) in [6.45, 7) is 0. The molecule has 1 aliphatic rings. The Kier molecular flexibility index (Phi) is 2.89. The van der Waals surface area contributed by atoms with E-state index in [9.17, 15) is 0 Å². The highest BCUT2D eigenvalue weighted by molar-refractivity contribution is 6.28. The minimum atomic E-state index is 0.149. The molecule has 21 heavy (non-hydrogen) atoms. The van der Waals surface area contributed by atoms with Crippen molar-refractivity contribution < 1.29 is 0 Å². The van der Waals surface area contributed by atoms with Crippen molar-refractivity contribution in [2.75, 3.05) is 0 Å². The average molecular weight is 299 g/mol. The Hall–Kier alpha value is -2.34. The maximum atomic E-state index is 5.69. The molecule has 0 bridgehead atoms. The van der Waals surface area contributed by atoms with Gasteiger partial charge in [0.2, 0.25) is 5.28 Å². The predicted octanol–water partition coefficient (Wildman–Crippen LogP) is 2.32. The zero-order chi connectivity index (χ0) is 14.2. The number of nitrogens with zero attached hydrogens (tertiary/aromatic N) is 6. The second-order valence-electron chi connectivity index (χ2n) is 4.93. The average Bonchev–Trinajstić information content (AvgIpc) is 3.14. The standard InChI is InChI=1S/C14H11ClN6/c15-14-17-6-10(7-18-14)11-8-21(20-19-11)12-4-3-9-2-1-5-16-13(9)12/h1-2,5-8,12H,3-4H2. The first-order valence-corrected chi connectivity index (χ1v) is 7.02. The molecule has 0 saturated heterocycles. The summed E-state index contributed by atoms with van der Waals surface area (Å²) in [7, 11) is 0. The fourth-order valence-electron chi connectivity index (χ4n) is 2.65. The van der Waals surface area contributed by atoms with Crippen LogP contribution < -0.4 is 0 Å². The second-order valence-corrected chi connectivity index (χ2v) is 5.26. The van der Waals surface area contributed by atoms with E-state index in [0.717, 1.165) is 29.8 Å². The van der Waals surface area contributed by atoms with Crippen LogP contribution in [0.15, 0.2) is 36.9 Å². The third kappa shape index (κ3) is 2.17. The Balaban J connectivity index is 1.68. The molecule has 0 aromatic carbocycles. The van der Waals surface area contributed by atoms with E-state index in [0.29, 0.717) is 0 Å². The van der Waals surface area contributed by atoms with Gasteiger partial charge in [-0.2, -0.15) is 0 Å². The molecule has 0 radical (unpaired) electrons. The van der Waals surface area contributed by atoms with Crippen molar-refractivity contribution in [3.8, 4) is 11.3 Å². The SMILES string of the molecule is Clc1ncc(-c2cn(C3CCc4cccnc43)nn2)cn1. The second kappa shape index (κ2) is 4.89. The summed E-state index contributed by atoms with van der Waals surface area (Å²) < 4.78 is 1.86. The molecule has 0 N–H and O–H groups in total. The van der Waals surface area contributed by atoms with Crippen molar-refractivity contribution in [3.63, 3.8) is 0 Å². The van der Waals surface area contributed by atoms with E-state index in [1.54, 1.807) is 12.4 Å². The van der Waals surface area contributed by atoms with Crippen LogP contribution in [0.4, 0.5) is 0 Å². The highest BCUT2D eigenvalue weighted by Gasteiger charge is 2.26. The molecular formula is C14H11ClN6. The maximum Gasteiger partial charge on any atom is 0.222 e. The number of rotatable bonds is 2. The molecule has 1 aliphatic carbocycles. The molecule has 7 heteroatoms. The van der Waals surface area contributed by atoms with Crippen molar-refractivity contribution in [3.05, 3.63) is 53.5 Å². The van der Waals surface area contributed by atoms with Crippen molar-refractivity contribution in [2.45, 2.75) is 18.9 Å². The van der Waals surface area contributed by atoms with Gasteiger partial charge in [-0.15, -0.1) is 5.10 Å². The van der Waals surface area contributed by atoms with Crippen LogP contribution in [0.1, 0.15) is 23.7 Å². The molecule has 4 rings (SSSR count). The van der Waals surface area contributed by atoms with Crippen LogP contribution in [-0.2, 0) is 6.42 Å². The zero-order valence-corrected chi connectivity index (χ0v) is 11.8. The van der Waals surface area contributed by atoms with Crippen molar-refractivity contribution in [1.82, 2.24) is 29.9 Å². The molecule has 0 amide bonds. The number of hydrogen-bond donors (Lipinski definition) is 0. The number of halogens is 1. The summed E-state index contributed by atoms with van der Waals surface area (Å²) in [6, 6.07) is 4.24. The fourth-order valence-corrected chi connectivity index (χ4v) is 2.75. The Labute approximate surface area is 125 Å². The smallest absolute Gasteiger partial charge is 0.222 e. The first kappa shape index (κ1) is 12.4. The van der Waals surface area contributed by atoms with Crippen LogP contribution >= 0.6 is 11.6 Å². The van der Waals surface area contributed by atoms with Crippen LogP contribution in [0, 0.1) is 0 Å². The topological polar surface area (TPSA) is 69.4 Å². The molecule has 1 atom stereocenters. The van der Waals surface area contributed by atoms with E-state index in [1.807, 2.05) is 23.1 Å². The molecule has 0 aliphatic heterocycles. The van der Waals surface area contributed by atoms with Gasteiger partial charge < -0.3 is 0 Å². The Morgan fingerprint density at radius 3 is 2.90 bits per heavy atom. The number of aromatic nitrogens is 6. The lowest BCUT2D eigenvalue weighted by molar-refractivity contribution is 0.495. The van der Waals surface area contributed by atoms with Gasteiger partial charge in [0, 0.05) is 24.2 Å². The lowest BCUT2D eigenvalue weighted by Gasteiger charge is -2.09. The number of aryl methyl sites for hydroxylation is 1. The molecule has 0 spiro atoms. The minimum Gasteiger partial charge on any atom is -0.259 e. The van der Waals surface area contributed by atoms with Crippen LogP contribution in [0.3, 0.4) is 0 Å². The molecule has 6 nitrogen and oxygen atoms in total. The van der Waals surface area contributed by atoms with E-state index in [-0.39, 0.29) is 11.3 Å². The largest absolute Gasteiger partial charge is 0.259 e. The minimum absolute atomic E-state index is 0.149. The van der Waals surface area contributed by atoms with Gasteiger partial charge in [-0.25, -0.2) is 14.6 Å². The summed E-state index contributed by atoms with van der Waals surface area (Å²) in [5, 5.41) is 8.65. The van der Waals surface area contributed by atoms with Gasteiger partial charge in [-0.1, -0.05) is 11.3 Å². The van der Waals surface area contributed by atoms with Gasteiger partial charge in [-0.3, -0.25) is 4.98 Å². The van der Waals surface area contributed by atoms with Crippen molar-refractivity contribution in [1.29, 1.82) is 0 Å². The number of fused-ring (bicyclic) bond motifs is 1. The van der Waals surface area contributed by atoms with Gasteiger partial charge in [0.05, 0.1) is 17.9 Å². The van der Waals surface area contributed by atoms with Crippen LogP contribution in [0.2, 0.25) is 5.28 Å². The number of pyridine rings is 1. The highest BCUT2D eigenvalue weighted by atomic mass is 35.5. The van der Waals surface area contributed by atoms with Gasteiger partial charge in [-0.05, 0) is 36.1 Å². The summed E-state index contributed by atoms with van der Waals surface area (Å²) in [6.07, 6.45) is 9.03. The molecule has 3 aromatic heterocycles. The summed E-state index contributed by atoms with van der Waals surface area (Å²) in [5.74, 6) is 0. The van der Waals surface area contributed by atoms with Gasteiger partial charge >= 0.3 is 0 Å². The van der Waals surface area contributed by atoms with E-state index >= 15 is 0 Å². The van der Waals surface area contributed by atoms with E-state index in [2.05, 4.69) is 31.3 Å². The molecule has 3 heterocycles. The third-order valence-electron chi connectivity index (χ3n) is 3.67. The van der Waals surface area contributed by atoms with Crippen molar-refractivity contribution in [2.24, 2.45) is 0 Å². The van der Waals surface area contributed by atoms with Gasteiger partial charge in [0.25, 0.3) is 0 Å². The molecule has 0 fully saturated rings. The molecule has 0 saturated carbocycles. The van der Waals surface area contributed by atoms with Crippen molar-refractivity contribution >= 4 is 11.6 Å². The molecule has 104 valence electrons. The molecular weight excluding hydrogens is 288 g/mol. The quantitative estimate of drug-likeness (QED) is 0.679. The first-order valence-electron chi connectivity index (χ1n) is 6.65. The lowest BCUT2D eigenvalue weighted by atomic mass is 10.2. The summed E-state index contributed by atoms with van der Waals surface area (Å²) in [5.41, 5.74) is 3.90. The Morgan fingerprint density at radius 2 is 2.05 bits per heavy atom.